The number of aliphatic hydroxyl groups excluding tert-OH is 4. The van der Waals surface area contributed by atoms with Crippen LogP contribution in [0.3, 0.4) is 0 Å². The minimum Gasteiger partial charge on any atom is -0.481 e. The molecule has 4 heterocycles. The average Bonchev–Trinajstić information content (AvgIpc) is 4.02. The van der Waals surface area contributed by atoms with Gasteiger partial charge in [0.25, 0.3) is 0 Å². The highest BCUT2D eigenvalue weighted by Gasteiger charge is 2.51. The van der Waals surface area contributed by atoms with Gasteiger partial charge in [0.1, 0.15) is 24.2 Å². The molecule has 0 aromatic heterocycles. The Morgan fingerprint density at radius 3 is 2.12 bits per heavy atom. The fraction of sp³-hybridized carbons (Fsp3) is 0.750. The van der Waals surface area contributed by atoms with E-state index >= 15 is 0 Å². The Morgan fingerprint density at radius 2 is 1.46 bits per heavy atom. The molecule has 3 saturated heterocycles. The van der Waals surface area contributed by atoms with Gasteiger partial charge >= 0.3 is 11.9 Å². The SMILES string of the molecule is CCCCCCCCCCCCCC(=O)NCCCN(C)C.C[C@@H]1C\C=C/C=C/C=C/C=C/[C@H](O[C@@H]2O[C@H](C)[C@@H](O)[C@H](N)[C@@H]2O)C[C@@H]2O[C@](O)(C[C@@H](O)C[C@@H]3O[C@@H]3/C=C\C(=O)O1)C[C@H](O)[C@H]2C(=O)O. The zero-order valence-corrected chi connectivity index (χ0v) is 41.9. The first kappa shape index (κ1) is 60.0. The van der Waals surface area contributed by atoms with E-state index in [0.29, 0.717) is 12.8 Å². The Kier molecular flexibility index (Phi) is 28.3. The third-order valence-corrected chi connectivity index (χ3v) is 12.7. The van der Waals surface area contributed by atoms with E-state index < -0.39 is 97.3 Å². The maximum atomic E-state index is 12.3. The number of nitrogens with zero attached hydrogens (tertiary/aromatic N) is 1. The van der Waals surface area contributed by atoms with Gasteiger partial charge < -0.3 is 70.3 Å². The summed E-state index contributed by atoms with van der Waals surface area (Å²) in [7, 11) is 4.13. The number of fused-ring (bicyclic) bond motifs is 3. The number of allylic oxidation sites excluding steroid dienone is 6. The van der Waals surface area contributed by atoms with Gasteiger partial charge in [0.05, 0.1) is 48.8 Å². The highest BCUT2D eigenvalue weighted by Crippen LogP contribution is 2.39. The topological polar surface area (TPSA) is 263 Å². The van der Waals surface area contributed by atoms with Crippen molar-refractivity contribution in [3.63, 3.8) is 0 Å². The highest BCUT2D eigenvalue weighted by atomic mass is 16.7. The summed E-state index contributed by atoms with van der Waals surface area (Å²) in [6, 6.07) is -1.08. The summed E-state index contributed by atoms with van der Waals surface area (Å²) < 4.78 is 28.5. The molecule has 0 unspecified atom stereocenters. The van der Waals surface area contributed by atoms with Crippen molar-refractivity contribution < 1.29 is 68.7 Å². The Morgan fingerprint density at radius 1 is 0.826 bits per heavy atom. The number of amides is 1. The molecule has 0 radical (unpaired) electrons. The van der Waals surface area contributed by atoms with Crippen molar-refractivity contribution in [3.8, 4) is 0 Å². The number of esters is 1. The van der Waals surface area contributed by atoms with Crippen LogP contribution in [0.1, 0.15) is 136 Å². The standard InChI is InChI=1S/C33H47NO13.C19H40N2O/c1-18-10-8-6-4-3-5-7-9-11-21(45-32-30(39)28(34)29(38)19(2)44-32)15-25-27(31(40)41)22(36)17-33(42,47-25)16-20(35)14-24-23(46-24)12-13-26(37)43-18;1-4-5-6-7-8-9-10-11-12-13-14-16-19(22)20-17-15-18-21(2)3/h3-9,11-13,18-25,27-30,32,35-36,38-39,42H,10,14-17,34H2,1-2H3,(H,40,41);4-18H2,1-3H3,(H,20,22)/b4-3+,7-5+,8-6-,11-9+,13-12-;/t18-,19-,20+,21+,22+,23-,24+,25+,27-,28+,29-,30+,32+,33-;/m1./s1. The monoisotopic (exact) mass is 978 g/mol. The number of cyclic esters (lactones) is 1. The first-order chi connectivity index (χ1) is 32.9. The predicted octanol–water partition coefficient (Wildman–Crippen LogP) is 4.88. The Labute approximate surface area is 410 Å². The summed E-state index contributed by atoms with van der Waals surface area (Å²) >= 11 is 0. The molecule has 4 rings (SSSR count). The number of hydrogen-bond acceptors (Lipinski definition) is 15. The third-order valence-electron chi connectivity index (χ3n) is 12.7. The molecule has 4 aliphatic heterocycles. The molecule has 4 aliphatic rings. The first-order valence-corrected chi connectivity index (χ1v) is 25.5. The van der Waals surface area contributed by atoms with Gasteiger partial charge in [0.15, 0.2) is 12.1 Å². The average molecular weight is 978 g/mol. The van der Waals surface area contributed by atoms with E-state index in [0.717, 1.165) is 25.9 Å². The van der Waals surface area contributed by atoms with E-state index in [2.05, 4.69) is 31.2 Å². The van der Waals surface area contributed by atoms with Crippen LogP contribution < -0.4 is 11.1 Å². The molecule has 0 aromatic rings. The lowest BCUT2D eigenvalue weighted by atomic mass is 9.83. The number of hydrogen-bond donors (Lipinski definition) is 8. The van der Waals surface area contributed by atoms with Gasteiger partial charge in [0, 0.05) is 51.1 Å². The number of aliphatic hydroxyl groups is 5. The highest BCUT2D eigenvalue weighted by molar-refractivity contribution is 5.82. The largest absolute Gasteiger partial charge is 0.481 e. The Hall–Kier alpha value is -3.33. The van der Waals surface area contributed by atoms with Crippen molar-refractivity contribution in [2.24, 2.45) is 11.7 Å². The summed E-state index contributed by atoms with van der Waals surface area (Å²) in [5.41, 5.74) is 5.98. The normalized spacial score (nSPS) is 35.7. The molecule has 14 atom stereocenters. The lowest BCUT2D eigenvalue weighted by Crippen LogP contribution is -2.61. The number of unbranched alkanes of at least 4 members (excludes halogenated alkanes) is 10. The van der Waals surface area contributed by atoms with Crippen LogP contribution in [0.4, 0.5) is 0 Å². The Bertz CT molecular complexity index is 1640. The molecule has 69 heavy (non-hydrogen) atoms. The lowest BCUT2D eigenvalue weighted by molar-refractivity contribution is -0.308. The zero-order valence-electron chi connectivity index (χ0n) is 41.9. The molecule has 0 spiro atoms. The fourth-order valence-corrected chi connectivity index (χ4v) is 8.67. The van der Waals surface area contributed by atoms with Crippen LogP contribution in [0.15, 0.2) is 60.8 Å². The molecule has 0 aromatic carbocycles. The summed E-state index contributed by atoms with van der Waals surface area (Å²) in [4.78, 5) is 38.2. The van der Waals surface area contributed by atoms with Crippen molar-refractivity contribution in [1.29, 1.82) is 0 Å². The number of nitrogens with one attached hydrogen (secondary N) is 1. The van der Waals surface area contributed by atoms with Gasteiger partial charge in [-0.3, -0.25) is 9.59 Å². The van der Waals surface area contributed by atoms with Crippen molar-refractivity contribution >= 4 is 17.8 Å². The van der Waals surface area contributed by atoms with Crippen LogP contribution in [0, 0.1) is 5.92 Å². The van der Waals surface area contributed by atoms with Crippen LogP contribution in [-0.4, -0.2) is 160 Å². The van der Waals surface area contributed by atoms with Crippen LogP contribution in [0.5, 0.6) is 0 Å². The molecular formula is C52H87N3O14. The maximum Gasteiger partial charge on any atom is 0.330 e. The number of carboxylic acid groups (broad SMARTS) is 1. The third kappa shape index (κ3) is 24.1. The minimum atomic E-state index is -2.10. The predicted molar refractivity (Wildman–Crippen MR) is 262 cm³/mol. The molecule has 9 N–H and O–H groups in total. The van der Waals surface area contributed by atoms with Gasteiger partial charge in [0.2, 0.25) is 5.91 Å². The number of carbonyl (C=O) groups is 3. The molecule has 2 bridgehead atoms. The summed E-state index contributed by atoms with van der Waals surface area (Å²) in [6.07, 6.45) is 21.7. The second-order valence-electron chi connectivity index (χ2n) is 19.4. The van der Waals surface area contributed by atoms with Crippen molar-refractivity contribution in [2.45, 2.75) is 216 Å². The van der Waals surface area contributed by atoms with Gasteiger partial charge in [-0.05, 0) is 53.4 Å². The van der Waals surface area contributed by atoms with Crippen LogP contribution in [-0.2, 0) is 38.1 Å². The molecule has 394 valence electrons. The molecule has 0 saturated carbocycles. The number of aliphatic carboxylic acids is 1. The van der Waals surface area contributed by atoms with Gasteiger partial charge in [-0.1, -0.05) is 120 Å². The minimum absolute atomic E-state index is 0.0789. The lowest BCUT2D eigenvalue weighted by Gasteiger charge is -2.45. The quantitative estimate of drug-likeness (QED) is 0.0488. The number of carboxylic acids is 1. The molecule has 1 amide bonds. The molecule has 17 nitrogen and oxygen atoms in total. The number of rotatable bonds is 19. The second-order valence-corrected chi connectivity index (χ2v) is 19.4. The molecule has 17 heteroatoms. The summed E-state index contributed by atoms with van der Waals surface area (Å²) in [5.74, 6) is -5.22. The van der Waals surface area contributed by atoms with Crippen molar-refractivity contribution in [1.82, 2.24) is 10.2 Å². The van der Waals surface area contributed by atoms with Crippen LogP contribution in [0.2, 0.25) is 0 Å². The molecule has 3 fully saturated rings. The summed E-state index contributed by atoms with van der Waals surface area (Å²) in [6.45, 7) is 7.46. The summed E-state index contributed by atoms with van der Waals surface area (Å²) in [5, 5.41) is 66.9. The van der Waals surface area contributed by atoms with Gasteiger partial charge in [-0.2, -0.15) is 0 Å². The maximum absolute atomic E-state index is 12.3. The smallest absolute Gasteiger partial charge is 0.330 e. The van der Waals surface area contributed by atoms with Crippen LogP contribution in [0.25, 0.3) is 0 Å². The van der Waals surface area contributed by atoms with E-state index in [-0.39, 0.29) is 31.3 Å². The number of ether oxygens (including phenoxy) is 5. The van der Waals surface area contributed by atoms with E-state index in [4.69, 9.17) is 29.4 Å². The van der Waals surface area contributed by atoms with Crippen molar-refractivity contribution in [3.05, 3.63) is 60.8 Å². The number of nitrogens with two attached hydrogens (primary N) is 1. The molecule has 0 aliphatic carbocycles. The van der Waals surface area contributed by atoms with E-state index in [9.17, 15) is 45.0 Å². The van der Waals surface area contributed by atoms with Crippen LogP contribution >= 0.6 is 0 Å². The van der Waals surface area contributed by atoms with E-state index in [1.165, 1.54) is 76.4 Å². The van der Waals surface area contributed by atoms with Gasteiger partial charge in [-0.15, -0.1) is 0 Å². The molecular weight excluding hydrogens is 891 g/mol. The Balaban J connectivity index is 0.000000483. The van der Waals surface area contributed by atoms with Crippen molar-refractivity contribution in [2.75, 3.05) is 27.2 Å². The first-order valence-electron chi connectivity index (χ1n) is 25.5. The van der Waals surface area contributed by atoms with Gasteiger partial charge in [-0.25, -0.2) is 4.79 Å². The number of epoxide rings is 1. The fourth-order valence-electron chi connectivity index (χ4n) is 8.67. The number of carbonyl (C=O) groups excluding carboxylic acids is 2. The zero-order chi connectivity index (χ0) is 50.8. The second kappa shape index (κ2) is 32.6. The van der Waals surface area contributed by atoms with E-state index in [1.807, 2.05) is 6.08 Å². The van der Waals surface area contributed by atoms with E-state index in [1.54, 1.807) is 56.4 Å².